The summed E-state index contributed by atoms with van der Waals surface area (Å²) in [6.07, 6.45) is 4.80. The molecular formula is C14H21N5. The van der Waals surface area contributed by atoms with E-state index in [1.54, 1.807) is 6.20 Å². The number of anilines is 1. The molecule has 0 fully saturated rings. The summed E-state index contributed by atoms with van der Waals surface area (Å²) in [5.41, 5.74) is 1.94. The predicted molar refractivity (Wildman–Crippen MR) is 77.0 cm³/mol. The van der Waals surface area contributed by atoms with E-state index in [9.17, 15) is 0 Å². The molecule has 102 valence electrons. The normalized spacial score (nSPS) is 10.7. The fourth-order valence-corrected chi connectivity index (χ4v) is 1.93. The monoisotopic (exact) mass is 259 g/mol. The molecule has 0 aliphatic rings. The Hall–Kier alpha value is -1.91. The van der Waals surface area contributed by atoms with Crippen molar-refractivity contribution in [2.24, 2.45) is 7.05 Å². The highest BCUT2D eigenvalue weighted by Gasteiger charge is 2.09. The van der Waals surface area contributed by atoms with Gasteiger partial charge in [-0.15, -0.1) is 0 Å². The summed E-state index contributed by atoms with van der Waals surface area (Å²) in [7, 11) is 1.93. The first kappa shape index (κ1) is 13.5. The molecule has 0 saturated heterocycles. The van der Waals surface area contributed by atoms with Gasteiger partial charge in [-0.1, -0.05) is 13.8 Å². The standard InChI is InChI=1S/C14H21N5/c1-4-6-13-17-11(12-7-9-16-19(12)3)10-14(18-13)15-8-5-2/h7,9-10H,4-6,8H2,1-3H3,(H,15,17,18). The second-order valence-electron chi connectivity index (χ2n) is 4.57. The molecule has 0 saturated carbocycles. The predicted octanol–water partition coefficient (Wildman–Crippen LogP) is 2.65. The van der Waals surface area contributed by atoms with Crippen LogP contribution in [-0.4, -0.2) is 26.3 Å². The lowest BCUT2D eigenvalue weighted by atomic mass is 10.2. The number of aromatic nitrogens is 4. The van der Waals surface area contributed by atoms with Crippen molar-refractivity contribution in [2.75, 3.05) is 11.9 Å². The summed E-state index contributed by atoms with van der Waals surface area (Å²) in [4.78, 5) is 9.17. The average Bonchev–Trinajstić information content (AvgIpc) is 2.83. The van der Waals surface area contributed by atoms with Crippen molar-refractivity contribution in [2.45, 2.75) is 33.1 Å². The molecule has 0 radical (unpaired) electrons. The zero-order valence-corrected chi connectivity index (χ0v) is 11.8. The number of hydrogen-bond acceptors (Lipinski definition) is 4. The minimum Gasteiger partial charge on any atom is -0.370 e. The third-order valence-electron chi connectivity index (χ3n) is 2.89. The third-order valence-corrected chi connectivity index (χ3v) is 2.89. The number of aryl methyl sites for hydroxylation is 2. The Balaban J connectivity index is 2.36. The molecule has 1 N–H and O–H groups in total. The summed E-state index contributed by atoms with van der Waals surface area (Å²) < 4.78 is 1.83. The third kappa shape index (κ3) is 3.30. The van der Waals surface area contributed by atoms with Crippen LogP contribution in [0.15, 0.2) is 18.3 Å². The van der Waals surface area contributed by atoms with Gasteiger partial charge >= 0.3 is 0 Å². The van der Waals surface area contributed by atoms with Gasteiger partial charge in [-0.3, -0.25) is 4.68 Å². The largest absolute Gasteiger partial charge is 0.370 e. The van der Waals surface area contributed by atoms with Crippen LogP contribution in [0.2, 0.25) is 0 Å². The van der Waals surface area contributed by atoms with Crippen LogP contribution in [0.5, 0.6) is 0 Å². The number of nitrogens with one attached hydrogen (secondary N) is 1. The van der Waals surface area contributed by atoms with Crippen LogP contribution in [0.3, 0.4) is 0 Å². The van der Waals surface area contributed by atoms with Crippen molar-refractivity contribution < 1.29 is 0 Å². The van der Waals surface area contributed by atoms with Gasteiger partial charge in [0.2, 0.25) is 0 Å². The van der Waals surface area contributed by atoms with Gasteiger partial charge < -0.3 is 5.32 Å². The Morgan fingerprint density at radius 2 is 2.05 bits per heavy atom. The summed E-state index contributed by atoms with van der Waals surface area (Å²) in [5.74, 6) is 1.79. The van der Waals surface area contributed by atoms with Gasteiger partial charge in [0.05, 0.1) is 11.4 Å². The molecule has 19 heavy (non-hydrogen) atoms. The Bertz CT molecular complexity index is 532. The van der Waals surface area contributed by atoms with Crippen molar-refractivity contribution in [1.29, 1.82) is 0 Å². The molecule has 0 bridgehead atoms. The van der Waals surface area contributed by atoms with E-state index in [1.165, 1.54) is 0 Å². The molecule has 2 rings (SSSR count). The van der Waals surface area contributed by atoms with E-state index in [1.807, 2.05) is 23.9 Å². The lowest BCUT2D eigenvalue weighted by molar-refractivity contribution is 0.768. The fraction of sp³-hybridized carbons (Fsp3) is 0.500. The second kappa shape index (κ2) is 6.31. The maximum atomic E-state index is 4.62. The average molecular weight is 259 g/mol. The van der Waals surface area contributed by atoms with Gasteiger partial charge in [-0.25, -0.2) is 9.97 Å². The molecule has 2 heterocycles. The van der Waals surface area contributed by atoms with Crippen molar-refractivity contribution in [1.82, 2.24) is 19.7 Å². The minimum atomic E-state index is 0.889. The SMILES string of the molecule is CCCNc1cc(-c2ccnn2C)nc(CCC)n1. The molecule has 5 heteroatoms. The van der Waals surface area contributed by atoms with E-state index < -0.39 is 0 Å². The summed E-state index contributed by atoms with van der Waals surface area (Å²) in [6.45, 7) is 5.20. The Kier molecular flexibility index (Phi) is 4.49. The topological polar surface area (TPSA) is 55.6 Å². The van der Waals surface area contributed by atoms with Gasteiger partial charge in [0, 0.05) is 32.3 Å². The first-order valence-electron chi connectivity index (χ1n) is 6.84. The Labute approximate surface area is 114 Å². The fourth-order valence-electron chi connectivity index (χ4n) is 1.93. The highest BCUT2D eigenvalue weighted by atomic mass is 15.3. The number of hydrogen-bond donors (Lipinski definition) is 1. The van der Waals surface area contributed by atoms with Crippen molar-refractivity contribution in [3.8, 4) is 11.4 Å². The molecule has 0 unspecified atom stereocenters. The maximum absolute atomic E-state index is 4.62. The van der Waals surface area contributed by atoms with Crippen LogP contribution >= 0.6 is 0 Å². The van der Waals surface area contributed by atoms with E-state index >= 15 is 0 Å². The molecule has 0 spiro atoms. The lowest BCUT2D eigenvalue weighted by Gasteiger charge is -2.09. The smallest absolute Gasteiger partial charge is 0.131 e. The Morgan fingerprint density at radius 3 is 2.68 bits per heavy atom. The number of rotatable bonds is 6. The molecule has 0 aliphatic heterocycles. The second-order valence-corrected chi connectivity index (χ2v) is 4.57. The van der Waals surface area contributed by atoms with Crippen molar-refractivity contribution in [3.05, 3.63) is 24.2 Å². The summed E-state index contributed by atoms with van der Waals surface area (Å²) >= 11 is 0. The van der Waals surface area contributed by atoms with Gasteiger partial charge in [0.1, 0.15) is 11.6 Å². The van der Waals surface area contributed by atoms with Crippen LogP contribution in [-0.2, 0) is 13.5 Å². The Morgan fingerprint density at radius 1 is 1.21 bits per heavy atom. The van der Waals surface area contributed by atoms with E-state index in [0.717, 1.165) is 48.8 Å². The minimum absolute atomic E-state index is 0.889. The lowest BCUT2D eigenvalue weighted by Crippen LogP contribution is -2.07. The van der Waals surface area contributed by atoms with E-state index in [2.05, 4.69) is 34.2 Å². The van der Waals surface area contributed by atoms with Crippen LogP contribution in [0.25, 0.3) is 11.4 Å². The summed E-state index contributed by atoms with van der Waals surface area (Å²) in [5, 5.41) is 7.53. The quantitative estimate of drug-likeness (QED) is 0.866. The van der Waals surface area contributed by atoms with Crippen LogP contribution in [0.1, 0.15) is 32.5 Å². The molecule has 0 aromatic carbocycles. The number of nitrogens with zero attached hydrogens (tertiary/aromatic N) is 4. The molecule has 5 nitrogen and oxygen atoms in total. The molecule has 0 atom stereocenters. The van der Waals surface area contributed by atoms with Gasteiger partial charge in [-0.2, -0.15) is 5.10 Å². The van der Waals surface area contributed by atoms with E-state index in [4.69, 9.17) is 0 Å². The van der Waals surface area contributed by atoms with Crippen LogP contribution in [0.4, 0.5) is 5.82 Å². The molecule has 0 aliphatic carbocycles. The summed E-state index contributed by atoms with van der Waals surface area (Å²) in [6, 6.07) is 3.97. The molecule has 0 amide bonds. The zero-order valence-electron chi connectivity index (χ0n) is 11.8. The molecule has 2 aromatic heterocycles. The van der Waals surface area contributed by atoms with E-state index in [-0.39, 0.29) is 0 Å². The molecule has 2 aromatic rings. The highest BCUT2D eigenvalue weighted by Crippen LogP contribution is 2.19. The first-order chi connectivity index (χ1) is 9.24. The van der Waals surface area contributed by atoms with Crippen LogP contribution < -0.4 is 5.32 Å². The maximum Gasteiger partial charge on any atom is 0.131 e. The van der Waals surface area contributed by atoms with Gasteiger partial charge in [-0.05, 0) is 18.9 Å². The highest BCUT2D eigenvalue weighted by molar-refractivity contribution is 5.58. The van der Waals surface area contributed by atoms with Crippen molar-refractivity contribution in [3.63, 3.8) is 0 Å². The van der Waals surface area contributed by atoms with Crippen LogP contribution in [0, 0.1) is 0 Å². The van der Waals surface area contributed by atoms with Gasteiger partial charge in [0.15, 0.2) is 0 Å². The van der Waals surface area contributed by atoms with Crippen molar-refractivity contribution >= 4 is 5.82 Å². The first-order valence-corrected chi connectivity index (χ1v) is 6.84. The molecular weight excluding hydrogens is 238 g/mol. The van der Waals surface area contributed by atoms with Gasteiger partial charge in [0.25, 0.3) is 0 Å². The zero-order chi connectivity index (χ0) is 13.7. The van der Waals surface area contributed by atoms with E-state index in [0.29, 0.717) is 0 Å².